The van der Waals surface area contributed by atoms with Gasteiger partial charge in [-0.15, -0.1) is 0 Å². The van der Waals surface area contributed by atoms with E-state index in [1.54, 1.807) is 12.3 Å². The Kier molecular flexibility index (Phi) is 8.22. The minimum Gasteiger partial charge on any atom is -0.257 e. The zero-order chi connectivity index (χ0) is 33.9. The Balaban J connectivity index is 1.38. The first-order valence-electron chi connectivity index (χ1n) is 16.7. The molecule has 0 aliphatic carbocycles. The number of aromatic nitrogens is 2. The van der Waals surface area contributed by atoms with E-state index in [1.165, 1.54) is 21.5 Å². The average molecular weight is 640 g/mol. The van der Waals surface area contributed by atoms with Crippen molar-refractivity contribution in [2.75, 3.05) is 0 Å². The van der Waals surface area contributed by atoms with Gasteiger partial charge >= 0.3 is 0 Å². The van der Waals surface area contributed by atoms with E-state index in [0.29, 0.717) is 5.82 Å². The lowest BCUT2D eigenvalue weighted by Crippen LogP contribution is -1.97. The molecule has 1 aromatic heterocycles. The second-order valence-corrected chi connectivity index (χ2v) is 12.2. The van der Waals surface area contributed by atoms with Crippen LogP contribution in [0.5, 0.6) is 0 Å². The van der Waals surface area contributed by atoms with E-state index in [9.17, 15) is 0 Å². The van der Waals surface area contributed by atoms with E-state index in [0.717, 1.165) is 61.6 Å². The van der Waals surface area contributed by atoms with Crippen molar-refractivity contribution in [1.29, 1.82) is 0 Å². The summed E-state index contributed by atoms with van der Waals surface area (Å²) < 4.78 is 0. The first-order valence-corrected chi connectivity index (χ1v) is 16.7. The normalized spacial score (nSPS) is 11.5. The third kappa shape index (κ3) is 5.93. The van der Waals surface area contributed by atoms with Gasteiger partial charge in [0, 0.05) is 28.5 Å². The minimum absolute atomic E-state index is 0.669. The van der Waals surface area contributed by atoms with Crippen molar-refractivity contribution in [3.8, 4) is 56.2 Å². The SMILES string of the molecule is C=CN=C(C=C)c1ccc(-c2cc(-c3nc(-c4ccccc4)cc(-c4ccccc4)n3)cc(-c3cc4ccccc4c4ccccc34)c2)cc1. The largest absolute Gasteiger partial charge is 0.257 e. The van der Waals surface area contributed by atoms with E-state index in [4.69, 9.17) is 9.97 Å². The lowest BCUT2D eigenvalue weighted by molar-refractivity contribution is 1.18. The Morgan fingerprint density at radius 3 is 1.66 bits per heavy atom. The van der Waals surface area contributed by atoms with E-state index >= 15 is 0 Å². The van der Waals surface area contributed by atoms with Gasteiger partial charge in [-0.05, 0) is 80.2 Å². The van der Waals surface area contributed by atoms with Crippen LogP contribution in [-0.2, 0) is 0 Å². The molecule has 0 saturated carbocycles. The molecule has 8 aromatic rings. The Bertz CT molecular complexity index is 2490. The van der Waals surface area contributed by atoms with Gasteiger partial charge in [-0.2, -0.15) is 0 Å². The van der Waals surface area contributed by atoms with Gasteiger partial charge in [0.25, 0.3) is 0 Å². The summed E-state index contributed by atoms with van der Waals surface area (Å²) in [6.07, 6.45) is 3.30. The van der Waals surface area contributed by atoms with Gasteiger partial charge in [-0.1, -0.05) is 147 Å². The molecule has 0 radical (unpaired) electrons. The fourth-order valence-corrected chi connectivity index (χ4v) is 6.64. The van der Waals surface area contributed by atoms with Crippen LogP contribution in [0.4, 0.5) is 0 Å². The van der Waals surface area contributed by atoms with Gasteiger partial charge < -0.3 is 0 Å². The van der Waals surface area contributed by atoms with Crippen molar-refractivity contribution in [3.63, 3.8) is 0 Å². The van der Waals surface area contributed by atoms with E-state index in [2.05, 4.69) is 146 Å². The number of rotatable bonds is 8. The van der Waals surface area contributed by atoms with Crippen molar-refractivity contribution in [1.82, 2.24) is 9.97 Å². The molecule has 0 N–H and O–H groups in total. The third-order valence-electron chi connectivity index (χ3n) is 9.07. The molecule has 7 aromatic carbocycles. The molecule has 3 nitrogen and oxygen atoms in total. The topological polar surface area (TPSA) is 38.1 Å². The van der Waals surface area contributed by atoms with Crippen molar-refractivity contribution in [2.24, 2.45) is 4.99 Å². The molecule has 0 amide bonds. The number of aliphatic imine (C=N–C) groups is 1. The summed E-state index contributed by atoms with van der Waals surface area (Å²) in [6.45, 7) is 7.70. The molecule has 0 saturated heterocycles. The van der Waals surface area contributed by atoms with Gasteiger partial charge in [0.05, 0.1) is 17.1 Å². The first-order chi connectivity index (χ1) is 24.7. The molecule has 0 unspecified atom stereocenters. The predicted molar refractivity (Wildman–Crippen MR) is 211 cm³/mol. The lowest BCUT2D eigenvalue weighted by atomic mass is 9.90. The molecule has 8 rings (SSSR count). The summed E-state index contributed by atoms with van der Waals surface area (Å²) in [5.74, 6) is 0.669. The van der Waals surface area contributed by atoms with E-state index in [1.807, 2.05) is 36.4 Å². The van der Waals surface area contributed by atoms with Crippen LogP contribution in [-0.4, -0.2) is 15.7 Å². The van der Waals surface area contributed by atoms with Crippen LogP contribution >= 0.6 is 0 Å². The maximum atomic E-state index is 5.20. The maximum Gasteiger partial charge on any atom is 0.160 e. The van der Waals surface area contributed by atoms with Gasteiger partial charge in [0.15, 0.2) is 5.82 Å². The van der Waals surface area contributed by atoms with Gasteiger partial charge in [0.1, 0.15) is 0 Å². The minimum atomic E-state index is 0.669. The smallest absolute Gasteiger partial charge is 0.160 e. The third-order valence-corrected chi connectivity index (χ3v) is 9.07. The van der Waals surface area contributed by atoms with Crippen LogP contribution in [0.25, 0.3) is 77.7 Å². The highest BCUT2D eigenvalue weighted by atomic mass is 14.9. The number of nitrogens with zero attached hydrogens (tertiary/aromatic N) is 3. The summed E-state index contributed by atoms with van der Waals surface area (Å²) in [5, 5.41) is 4.86. The number of hydrogen-bond donors (Lipinski definition) is 0. The number of benzene rings is 7. The zero-order valence-electron chi connectivity index (χ0n) is 27.5. The quantitative estimate of drug-likeness (QED) is 0.123. The molecule has 0 spiro atoms. The number of hydrogen-bond acceptors (Lipinski definition) is 3. The number of fused-ring (bicyclic) bond motifs is 3. The van der Waals surface area contributed by atoms with Crippen LogP contribution in [0.3, 0.4) is 0 Å². The Hall–Kier alpha value is -6.71. The fourth-order valence-electron chi connectivity index (χ4n) is 6.64. The molecule has 236 valence electrons. The maximum absolute atomic E-state index is 5.20. The highest BCUT2D eigenvalue weighted by molar-refractivity contribution is 6.14. The highest BCUT2D eigenvalue weighted by Crippen LogP contribution is 2.39. The molecule has 0 aliphatic rings. The van der Waals surface area contributed by atoms with Gasteiger partial charge in [-0.25, -0.2) is 9.97 Å². The molecule has 0 fully saturated rings. The van der Waals surface area contributed by atoms with E-state index in [-0.39, 0.29) is 0 Å². The molecule has 0 atom stereocenters. The highest BCUT2D eigenvalue weighted by Gasteiger charge is 2.16. The summed E-state index contributed by atoms with van der Waals surface area (Å²) in [7, 11) is 0. The summed E-state index contributed by atoms with van der Waals surface area (Å²) >= 11 is 0. The van der Waals surface area contributed by atoms with Crippen molar-refractivity contribution in [3.05, 3.63) is 195 Å². The van der Waals surface area contributed by atoms with Gasteiger partial charge in [0.2, 0.25) is 0 Å². The molecular formula is C47H33N3. The second-order valence-electron chi connectivity index (χ2n) is 12.2. The Morgan fingerprint density at radius 1 is 0.460 bits per heavy atom. The van der Waals surface area contributed by atoms with Crippen LogP contribution in [0.2, 0.25) is 0 Å². The fraction of sp³-hybridized carbons (Fsp3) is 0. The number of allylic oxidation sites excluding steroid dienone is 1. The second kappa shape index (κ2) is 13.4. The zero-order valence-corrected chi connectivity index (χ0v) is 27.5. The van der Waals surface area contributed by atoms with Crippen LogP contribution in [0, 0.1) is 0 Å². The monoisotopic (exact) mass is 639 g/mol. The van der Waals surface area contributed by atoms with Gasteiger partial charge in [-0.3, -0.25) is 4.99 Å². The standard InChI is InChI=1S/C47H33N3/c1-3-44(48-4-2)35-25-23-32(24-26-35)37-27-38(43-30-36-19-11-12-20-40(36)41-21-13-14-22-42(41)43)29-39(28-37)47-49-45(33-15-7-5-8-16-33)31-46(50-47)34-17-9-6-10-18-34/h3-31H,1-2H2. The molecule has 1 heterocycles. The summed E-state index contributed by atoms with van der Waals surface area (Å²) in [5.41, 5.74) is 10.9. The molecule has 0 bridgehead atoms. The van der Waals surface area contributed by atoms with Crippen LogP contribution in [0.1, 0.15) is 5.56 Å². The first kappa shape index (κ1) is 30.6. The molecular weight excluding hydrogens is 607 g/mol. The Labute approximate surface area is 292 Å². The Morgan fingerprint density at radius 2 is 1.02 bits per heavy atom. The van der Waals surface area contributed by atoms with Crippen LogP contribution in [0.15, 0.2) is 194 Å². The van der Waals surface area contributed by atoms with Crippen molar-refractivity contribution in [2.45, 2.75) is 0 Å². The van der Waals surface area contributed by atoms with Crippen molar-refractivity contribution < 1.29 is 0 Å². The molecule has 50 heavy (non-hydrogen) atoms. The average Bonchev–Trinajstić information content (AvgIpc) is 3.20. The van der Waals surface area contributed by atoms with Crippen LogP contribution < -0.4 is 0 Å². The summed E-state index contributed by atoms with van der Waals surface area (Å²) in [4.78, 5) is 14.8. The summed E-state index contributed by atoms with van der Waals surface area (Å²) in [6, 6.07) is 57.4. The lowest BCUT2D eigenvalue weighted by Gasteiger charge is -2.15. The van der Waals surface area contributed by atoms with E-state index < -0.39 is 0 Å². The predicted octanol–water partition coefficient (Wildman–Crippen LogP) is 12.2. The van der Waals surface area contributed by atoms with Crippen molar-refractivity contribution >= 4 is 27.3 Å². The molecule has 3 heteroatoms. The molecule has 0 aliphatic heterocycles.